The molecule has 3 atom stereocenters. The van der Waals surface area contributed by atoms with Crippen LogP contribution >= 0.6 is 0 Å². The molecule has 2 N–H and O–H groups in total. The third-order valence-electron chi connectivity index (χ3n) is 4.18. The number of carbonyl (C=O) groups excluding carboxylic acids is 1. The van der Waals surface area contributed by atoms with Gasteiger partial charge < -0.3 is 15.2 Å². The highest BCUT2D eigenvalue weighted by Gasteiger charge is 2.27. The Morgan fingerprint density at radius 1 is 1.43 bits per heavy atom. The molecule has 1 aliphatic rings. The summed E-state index contributed by atoms with van der Waals surface area (Å²) >= 11 is 0. The molecular formula is C17H25NO3. The van der Waals surface area contributed by atoms with E-state index in [1.165, 1.54) is 0 Å². The summed E-state index contributed by atoms with van der Waals surface area (Å²) in [6.45, 7) is 4.44. The van der Waals surface area contributed by atoms with E-state index in [-0.39, 0.29) is 17.9 Å². The van der Waals surface area contributed by atoms with Gasteiger partial charge in [-0.3, -0.25) is 4.79 Å². The summed E-state index contributed by atoms with van der Waals surface area (Å²) < 4.78 is 5.82. The fourth-order valence-electron chi connectivity index (χ4n) is 2.77. The minimum atomic E-state index is -0.482. The largest absolute Gasteiger partial charge is 0.480 e. The molecule has 2 rings (SSSR count). The van der Waals surface area contributed by atoms with Gasteiger partial charge in [0.05, 0.1) is 6.10 Å². The van der Waals surface area contributed by atoms with Crippen LogP contribution in [0.4, 0.5) is 0 Å². The molecule has 1 amide bonds. The van der Waals surface area contributed by atoms with E-state index in [0.717, 1.165) is 30.6 Å². The van der Waals surface area contributed by atoms with Gasteiger partial charge in [0.2, 0.25) is 0 Å². The minimum Gasteiger partial charge on any atom is -0.480 e. The number of hydrogen-bond acceptors (Lipinski definition) is 3. The second kappa shape index (κ2) is 7.46. The quantitative estimate of drug-likeness (QED) is 0.846. The second-order valence-electron chi connectivity index (χ2n) is 5.78. The molecule has 0 heterocycles. The van der Waals surface area contributed by atoms with Crippen LogP contribution in [0.1, 0.15) is 38.2 Å². The number of aliphatic hydroxyl groups excluding tert-OH is 1. The molecule has 4 heteroatoms. The van der Waals surface area contributed by atoms with Gasteiger partial charge in [0.25, 0.3) is 5.91 Å². The lowest BCUT2D eigenvalue weighted by molar-refractivity contribution is -0.128. The Kier molecular flexibility index (Phi) is 5.62. The van der Waals surface area contributed by atoms with Gasteiger partial charge in [0, 0.05) is 12.5 Å². The fraction of sp³-hybridized carbons (Fsp3) is 0.588. The van der Waals surface area contributed by atoms with Crippen LogP contribution in [0.3, 0.4) is 0 Å². The Hall–Kier alpha value is -1.55. The Morgan fingerprint density at radius 3 is 2.81 bits per heavy atom. The molecule has 0 bridgehead atoms. The van der Waals surface area contributed by atoms with Crippen molar-refractivity contribution in [3.05, 3.63) is 29.8 Å². The molecule has 0 radical (unpaired) electrons. The maximum absolute atomic E-state index is 12.2. The molecule has 21 heavy (non-hydrogen) atoms. The predicted molar refractivity (Wildman–Crippen MR) is 82.2 cm³/mol. The highest BCUT2D eigenvalue weighted by Crippen LogP contribution is 2.25. The van der Waals surface area contributed by atoms with Gasteiger partial charge in [-0.2, -0.15) is 0 Å². The standard InChI is InChI=1S/C17H25NO3/c1-3-15(21-16-10-5-4-7-12(16)2)17(20)18-11-13-8-6-9-14(13)19/h4-5,7,10,13-15,19H,3,6,8-9,11H2,1-2H3,(H,18,20). The maximum Gasteiger partial charge on any atom is 0.261 e. The van der Waals surface area contributed by atoms with E-state index in [1.54, 1.807) is 0 Å². The van der Waals surface area contributed by atoms with Crippen LogP contribution in [0.15, 0.2) is 24.3 Å². The van der Waals surface area contributed by atoms with Gasteiger partial charge in [-0.25, -0.2) is 0 Å². The van der Waals surface area contributed by atoms with E-state index >= 15 is 0 Å². The summed E-state index contributed by atoms with van der Waals surface area (Å²) in [5.74, 6) is 0.838. The second-order valence-corrected chi connectivity index (χ2v) is 5.78. The summed E-state index contributed by atoms with van der Waals surface area (Å²) in [5, 5.41) is 12.7. The van der Waals surface area contributed by atoms with Crippen LogP contribution in [0, 0.1) is 12.8 Å². The summed E-state index contributed by atoms with van der Waals surface area (Å²) in [4.78, 5) is 12.2. The number of amides is 1. The van der Waals surface area contributed by atoms with E-state index in [9.17, 15) is 9.90 Å². The van der Waals surface area contributed by atoms with Crippen molar-refractivity contribution in [3.8, 4) is 5.75 Å². The number of nitrogens with one attached hydrogen (secondary N) is 1. The first-order valence-corrected chi connectivity index (χ1v) is 7.80. The molecule has 0 aliphatic heterocycles. The molecule has 1 aliphatic carbocycles. The summed E-state index contributed by atoms with van der Waals surface area (Å²) in [5.41, 5.74) is 1.02. The number of para-hydroxylation sites is 1. The summed E-state index contributed by atoms with van der Waals surface area (Å²) in [6, 6.07) is 7.70. The smallest absolute Gasteiger partial charge is 0.261 e. The molecule has 0 saturated heterocycles. The predicted octanol–water partition coefficient (Wildman–Crippen LogP) is 2.43. The molecule has 1 saturated carbocycles. The number of benzene rings is 1. The lowest BCUT2D eigenvalue weighted by Gasteiger charge is -2.20. The number of carbonyl (C=O) groups is 1. The van der Waals surface area contributed by atoms with Crippen LogP contribution in [0.25, 0.3) is 0 Å². The van der Waals surface area contributed by atoms with E-state index in [4.69, 9.17) is 4.74 Å². The monoisotopic (exact) mass is 291 g/mol. The zero-order valence-corrected chi connectivity index (χ0v) is 12.8. The third-order valence-corrected chi connectivity index (χ3v) is 4.18. The lowest BCUT2D eigenvalue weighted by atomic mass is 10.1. The van der Waals surface area contributed by atoms with E-state index < -0.39 is 6.10 Å². The molecular weight excluding hydrogens is 266 g/mol. The molecule has 1 aromatic carbocycles. The van der Waals surface area contributed by atoms with Crippen molar-refractivity contribution < 1.29 is 14.6 Å². The number of rotatable bonds is 6. The van der Waals surface area contributed by atoms with Crippen molar-refractivity contribution in [2.45, 2.75) is 51.7 Å². The third kappa shape index (κ3) is 4.21. The topological polar surface area (TPSA) is 58.6 Å². The SMILES string of the molecule is CCC(Oc1ccccc1C)C(=O)NCC1CCCC1O. The van der Waals surface area contributed by atoms with E-state index in [1.807, 2.05) is 38.1 Å². The first-order chi connectivity index (χ1) is 10.1. The van der Waals surface area contributed by atoms with E-state index in [2.05, 4.69) is 5.32 Å². The summed E-state index contributed by atoms with van der Waals surface area (Å²) in [7, 11) is 0. The van der Waals surface area contributed by atoms with Crippen LogP contribution in [-0.2, 0) is 4.79 Å². The van der Waals surface area contributed by atoms with Crippen LogP contribution in [0.5, 0.6) is 5.75 Å². The normalized spacial score (nSPS) is 22.8. The van der Waals surface area contributed by atoms with Gasteiger partial charge in [-0.05, 0) is 37.8 Å². The molecule has 116 valence electrons. The zero-order chi connectivity index (χ0) is 15.2. The Labute approximate surface area is 126 Å². The zero-order valence-electron chi connectivity index (χ0n) is 12.8. The summed E-state index contributed by atoms with van der Waals surface area (Å²) in [6.07, 6.45) is 2.73. The van der Waals surface area contributed by atoms with Crippen molar-refractivity contribution in [1.82, 2.24) is 5.32 Å². The molecule has 1 aromatic rings. The van der Waals surface area contributed by atoms with Crippen molar-refractivity contribution in [3.63, 3.8) is 0 Å². The van der Waals surface area contributed by atoms with Crippen molar-refractivity contribution >= 4 is 5.91 Å². The fourth-order valence-corrected chi connectivity index (χ4v) is 2.77. The Bertz CT molecular complexity index is 475. The first-order valence-electron chi connectivity index (χ1n) is 7.80. The minimum absolute atomic E-state index is 0.0974. The lowest BCUT2D eigenvalue weighted by Crippen LogP contribution is -2.41. The van der Waals surface area contributed by atoms with Crippen molar-refractivity contribution in [1.29, 1.82) is 0 Å². The van der Waals surface area contributed by atoms with Gasteiger partial charge in [0.1, 0.15) is 5.75 Å². The molecule has 0 aromatic heterocycles. The first kappa shape index (κ1) is 15.8. The molecule has 0 spiro atoms. The van der Waals surface area contributed by atoms with Crippen molar-refractivity contribution in [2.24, 2.45) is 5.92 Å². The average Bonchev–Trinajstić information content (AvgIpc) is 2.89. The van der Waals surface area contributed by atoms with E-state index in [0.29, 0.717) is 13.0 Å². The van der Waals surface area contributed by atoms with Crippen LogP contribution in [-0.4, -0.2) is 29.8 Å². The van der Waals surface area contributed by atoms with Gasteiger partial charge in [-0.15, -0.1) is 0 Å². The van der Waals surface area contributed by atoms with Crippen molar-refractivity contribution in [2.75, 3.05) is 6.54 Å². The highest BCUT2D eigenvalue weighted by atomic mass is 16.5. The Balaban J connectivity index is 1.88. The number of aliphatic hydroxyl groups is 1. The average molecular weight is 291 g/mol. The number of ether oxygens (including phenoxy) is 1. The van der Waals surface area contributed by atoms with Crippen LogP contribution in [0.2, 0.25) is 0 Å². The molecule has 1 fully saturated rings. The maximum atomic E-state index is 12.2. The van der Waals surface area contributed by atoms with Gasteiger partial charge in [-0.1, -0.05) is 31.5 Å². The Morgan fingerprint density at radius 2 is 2.19 bits per heavy atom. The molecule has 3 unspecified atom stereocenters. The van der Waals surface area contributed by atoms with Gasteiger partial charge >= 0.3 is 0 Å². The number of hydrogen-bond donors (Lipinski definition) is 2. The van der Waals surface area contributed by atoms with Crippen LogP contribution < -0.4 is 10.1 Å². The van der Waals surface area contributed by atoms with Gasteiger partial charge in [0.15, 0.2) is 6.10 Å². The number of aryl methyl sites for hydroxylation is 1. The molecule has 4 nitrogen and oxygen atoms in total. The highest BCUT2D eigenvalue weighted by molar-refractivity contribution is 5.81.